The number of piperidine rings is 3. The number of furan rings is 1. The minimum Gasteiger partial charge on any atom is -0.466 e. The van der Waals surface area contributed by atoms with Gasteiger partial charge in [-0.25, -0.2) is 0 Å². The van der Waals surface area contributed by atoms with Crippen LogP contribution in [0, 0.1) is 19.8 Å². The van der Waals surface area contributed by atoms with Crippen molar-refractivity contribution in [1.82, 2.24) is 10.2 Å². The lowest BCUT2D eigenvalue weighted by atomic mass is 9.83. The van der Waals surface area contributed by atoms with Gasteiger partial charge in [0.1, 0.15) is 11.5 Å². The van der Waals surface area contributed by atoms with Crippen LogP contribution in [0.5, 0.6) is 0 Å². The molecular weight excluding hydrogens is 224 g/mol. The molecule has 0 aliphatic carbocycles. The highest BCUT2D eigenvalue weighted by Crippen LogP contribution is 2.30. The molecule has 3 heteroatoms. The van der Waals surface area contributed by atoms with Gasteiger partial charge in [0.05, 0.1) is 0 Å². The van der Waals surface area contributed by atoms with Crippen molar-refractivity contribution < 1.29 is 4.42 Å². The van der Waals surface area contributed by atoms with Crippen LogP contribution in [0.2, 0.25) is 0 Å². The number of rotatable bonds is 3. The van der Waals surface area contributed by atoms with Crippen LogP contribution < -0.4 is 5.32 Å². The zero-order chi connectivity index (χ0) is 12.7. The van der Waals surface area contributed by atoms with E-state index >= 15 is 0 Å². The molecule has 2 atom stereocenters. The third-order valence-electron chi connectivity index (χ3n) is 4.67. The summed E-state index contributed by atoms with van der Waals surface area (Å²) < 4.78 is 5.64. The van der Waals surface area contributed by atoms with Gasteiger partial charge in [0.2, 0.25) is 0 Å². The maximum Gasteiger partial charge on any atom is 0.105 e. The molecule has 2 unspecified atom stereocenters. The van der Waals surface area contributed by atoms with E-state index in [4.69, 9.17) is 4.42 Å². The highest BCUT2D eigenvalue weighted by atomic mass is 16.3. The first-order chi connectivity index (χ1) is 8.63. The molecule has 0 aromatic carbocycles. The summed E-state index contributed by atoms with van der Waals surface area (Å²) in [5.74, 6) is 2.96. The van der Waals surface area contributed by atoms with Gasteiger partial charge in [-0.05, 0) is 58.7 Å². The lowest BCUT2D eigenvalue weighted by molar-refractivity contribution is 0.0679. The Hall–Kier alpha value is -0.800. The minimum atomic E-state index is 0.396. The lowest BCUT2D eigenvalue weighted by Crippen LogP contribution is -2.56. The molecule has 0 spiro atoms. The third kappa shape index (κ3) is 2.21. The summed E-state index contributed by atoms with van der Waals surface area (Å²) >= 11 is 0. The number of aryl methyl sites for hydroxylation is 2. The monoisotopic (exact) mass is 248 g/mol. The summed E-state index contributed by atoms with van der Waals surface area (Å²) in [5.41, 5.74) is 1.32. The lowest BCUT2D eigenvalue weighted by Gasteiger charge is -2.46. The molecule has 3 saturated heterocycles. The summed E-state index contributed by atoms with van der Waals surface area (Å²) in [5, 5.41) is 3.82. The van der Waals surface area contributed by atoms with Gasteiger partial charge in [0.15, 0.2) is 0 Å². The Kier molecular flexibility index (Phi) is 3.20. The second kappa shape index (κ2) is 4.71. The molecule has 4 heterocycles. The van der Waals surface area contributed by atoms with Crippen molar-refractivity contribution in [3.05, 3.63) is 23.2 Å². The fraction of sp³-hybridized carbons (Fsp3) is 0.733. The van der Waals surface area contributed by atoms with E-state index in [0.717, 1.165) is 17.4 Å². The molecule has 0 saturated carbocycles. The Bertz CT molecular complexity index is 418. The van der Waals surface area contributed by atoms with Gasteiger partial charge in [-0.1, -0.05) is 0 Å². The van der Waals surface area contributed by atoms with E-state index < -0.39 is 0 Å². The Morgan fingerprint density at radius 3 is 2.56 bits per heavy atom. The molecule has 4 rings (SSSR count). The van der Waals surface area contributed by atoms with E-state index in [1.807, 2.05) is 6.92 Å². The molecular formula is C15H24N2O. The number of nitrogens with one attached hydrogen (secondary N) is 1. The van der Waals surface area contributed by atoms with Crippen molar-refractivity contribution in [1.29, 1.82) is 0 Å². The number of fused-ring (bicyclic) bond motifs is 3. The Labute approximate surface area is 110 Å². The van der Waals surface area contributed by atoms with Crippen LogP contribution in [0.15, 0.2) is 10.5 Å². The molecule has 3 aliphatic heterocycles. The van der Waals surface area contributed by atoms with Crippen molar-refractivity contribution in [2.24, 2.45) is 5.92 Å². The summed E-state index contributed by atoms with van der Waals surface area (Å²) in [6.07, 6.45) is 2.74. The van der Waals surface area contributed by atoms with E-state index in [1.54, 1.807) is 0 Å². The number of hydrogen-bond acceptors (Lipinski definition) is 3. The molecule has 3 nitrogen and oxygen atoms in total. The van der Waals surface area contributed by atoms with Gasteiger partial charge in [0, 0.05) is 24.2 Å². The van der Waals surface area contributed by atoms with Gasteiger partial charge >= 0.3 is 0 Å². The fourth-order valence-corrected chi connectivity index (χ4v) is 3.65. The summed E-state index contributed by atoms with van der Waals surface area (Å²) in [4.78, 5) is 2.60. The molecule has 18 heavy (non-hydrogen) atoms. The largest absolute Gasteiger partial charge is 0.466 e. The fourth-order valence-electron chi connectivity index (χ4n) is 3.65. The topological polar surface area (TPSA) is 28.4 Å². The first-order valence-electron chi connectivity index (χ1n) is 7.19. The van der Waals surface area contributed by atoms with Crippen LogP contribution in [0.1, 0.15) is 42.9 Å². The molecule has 1 aromatic rings. The third-order valence-corrected chi connectivity index (χ3v) is 4.67. The molecule has 0 radical (unpaired) electrons. The average molecular weight is 248 g/mol. The van der Waals surface area contributed by atoms with E-state index in [-0.39, 0.29) is 0 Å². The first-order valence-corrected chi connectivity index (χ1v) is 7.19. The van der Waals surface area contributed by atoms with Crippen molar-refractivity contribution in [3.8, 4) is 0 Å². The average Bonchev–Trinajstić information content (AvgIpc) is 2.70. The number of nitrogens with zero attached hydrogens (tertiary/aromatic N) is 1. The minimum absolute atomic E-state index is 0.396. The molecule has 2 bridgehead atoms. The zero-order valence-corrected chi connectivity index (χ0v) is 11.7. The molecule has 100 valence electrons. The summed E-state index contributed by atoms with van der Waals surface area (Å²) in [7, 11) is 0. The first kappa shape index (κ1) is 12.2. The van der Waals surface area contributed by atoms with Gasteiger partial charge in [-0.3, -0.25) is 0 Å². The van der Waals surface area contributed by atoms with Gasteiger partial charge in [-0.2, -0.15) is 0 Å². The van der Waals surface area contributed by atoms with Crippen LogP contribution in [0.3, 0.4) is 0 Å². The second-order valence-corrected chi connectivity index (χ2v) is 6.00. The van der Waals surface area contributed by atoms with Crippen molar-refractivity contribution in [3.63, 3.8) is 0 Å². The van der Waals surface area contributed by atoms with Gasteiger partial charge in [0.25, 0.3) is 0 Å². The molecule has 3 fully saturated rings. The van der Waals surface area contributed by atoms with E-state index in [1.165, 1.54) is 38.0 Å². The molecule has 0 amide bonds. The second-order valence-electron chi connectivity index (χ2n) is 6.00. The van der Waals surface area contributed by atoms with Gasteiger partial charge in [-0.15, -0.1) is 0 Å². The maximum atomic E-state index is 5.64. The highest BCUT2D eigenvalue weighted by Gasteiger charge is 2.34. The maximum absolute atomic E-state index is 5.64. The highest BCUT2D eigenvalue weighted by molar-refractivity contribution is 5.23. The van der Waals surface area contributed by atoms with Crippen molar-refractivity contribution in [2.75, 3.05) is 19.6 Å². The Morgan fingerprint density at radius 1 is 1.33 bits per heavy atom. The Balaban J connectivity index is 1.67. The van der Waals surface area contributed by atoms with E-state index in [0.29, 0.717) is 12.1 Å². The standard InChI is InChI=1S/C15H24N2O/c1-10-8-14(12(3)18-10)11(2)16-15-9-17-6-4-13(15)5-7-17/h8,11,13,15-16H,4-7,9H2,1-3H3. The summed E-state index contributed by atoms with van der Waals surface area (Å²) in [6.45, 7) is 10.2. The Morgan fingerprint density at radius 2 is 2.06 bits per heavy atom. The van der Waals surface area contributed by atoms with Crippen LogP contribution in [-0.2, 0) is 0 Å². The van der Waals surface area contributed by atoms with Crippen LogP contribution >= 0.6 is 0 Å². The SMILES string of the molecule is Cc1cc(C(C)NC2CN3CCC2CC3)c(C)o1. The normalized spacial score (nSPS) is 32.7. The van der Waals surface area contributed by atoms with Crippen LogP contribution in [0.4, 0.5) is 0 Å². The van der Waals surface area contributed by atoms with Gasteiger partial charge < -0.3 is 14.6 Å². The quantitative estimate of drug-likeness (QED) is 0.891. The predicted octanol–water partition coefficient (Wildman–Crippen LogP) is 2.64. The van der Waals surface area contributed by atoms with Crippen LogP contribution in [-0.4, -0.2) is 30.6 Å². The predicted molar refractivity (Wildman–Crippen MR) is 72.7 cm³/mol. The van der Waals surface area contributed by atoms with E-state index in [9.17, 15) is 0 Å². The van der Waals surface area contributed by atoms with Crippen LogP contribution in [0.25, 0.3) is 0 Å². The number of hydrogen-bond donors (Lipinski definition) is 1. The molecule has 3 aliphatic rings. The molecule has 1 N–H and O–H groups in total. The molecule has 1 aromatic heterocycles. The van der Waals surface area contributed by atoms with Crippen molar-refractivity contribution in [2.45, 2.75) is 45.7 Å². The van der Waals surface area contributed by atoms with E-state index in [2.05, 4.69) is 30.1 Å². The smallest absolute Gasteiger partial charge is 0.105 e. The van der Waals surface area contributed by atoms with Crippen molar-refractivity contribution >= 4 is 0 Å². The zero-order valence-electron chi connectivity index (χ0n) is 11.7. The summed E-state index contributed by atoms with van der Waals surface area (Å²) in [6, 6.07) is 3.24.